The molecule has 0 aliphatic carbocycles. The van der Waals surface area contributed by atoms with E-state index in [1.165, 1.54) is 0 Å². The molecular formula is C18H20Cl2N2O3. The summed E-state index contributed by atoms with van der Waals surface area (Å²) < 4.78 is 10.5. The molecule has 0 saturated heterocycles. The molecule has 2 rings (SSSR count). The first-order valence-electron chi connectivity index (χ1n) is 7.70. The van der Waals surface area contributed by atoms with E-state index in [9.17, 15) is 4.79 Å². The number of amides is 1. The van der Waals surface area contributed by atoms with E-state index in [1.807, 2.05) is 18.2 Å². The van der Waals surface area contributed by atoms with Gasteiger partial charge in [-0.05, 0) is 35.9 Å². The maximum absolute atomic E-state index is 11.9. The smallest absolute Gasteiger partial charge is 0.225 e. The Morgan fingerprint density at radius 3 is 2.44 bits per heavy atom. The van der Waals surface area contributed by atoms with Gasteiger partial charge in [0.2, 0.25) is 5.91 Å². The lowest BCUT2D eigenvalue weighted by atomic mass is 10.2. The zero-order valence-electron chi connectivity index (χ0n) is 14.1. The van der Waals surface area contributed by atoms with Crippen LogP contribution in [0.15, 0.2) is 36.4 Å². The summed E-state index contributed by atoms with van der Waals surface area (Å²) in [5, 5.41) is 6.87. The van der Waals surface area contributed by atoms with Gasteiger partial charge in [0.05, 0.1) is 24.3 Å². The zero-order chi connectivity index (χ0) is 18.2. The van der Waals surface area contributed by atoms with Crippen molar-refractivity contribution in [3.05, 3.63) is 52.0 Å². The molecule has 1 amide bonds. The molecule has 2 N–H and O–H groups in total. The van der Waals surface area contributed by atoms with Crippen molar-refractivity contribution in [3.63, 3.8) is 0 Å². The molecule has 0 aliphatic heterocycles. The molecule has 0 aromatic heterocycles. The molecule has 7 heteroatoms. The van der Waals surface area contributed by atoms with E-state index in [1.54, 1.807) is 32.4 Å². The molecule has 0 atom stereocenters. The lowest BCUT2D eigenvalue weighted by Gasteiger charge is -2.10. The minimum Gasteiger partial charge on any atom is -0.493 e. The summed E-state index contributed by atoms with van der Waals surface area (Å²) >= 11 is 11.8. The lowest BCUT2D eigenvalue weighted by Crippen LogP contribution is -2.21. The molecule has 5 nitrogen and oxygen atoms in total. The number of hydrogen-bond acceptors (Lipinski definition) is 4. The molecule has 0 bridgehead atoms. The van der Waals surface area contributed by atoms with Gasteiger partial charge in [0.25, 0.3) is 0 Å². The standard InChI is InChI=1S/C18H20Cl2N2O3/c1-24-16-6-3-12(9-17(16)25-2)11-21-8-7-18(23)22-13-4-5-14(19)15(20)10-13/h3-6,9-10,21H,7-8,11H2,1-2H3,(H,22,23). The van der Waals surface area contributed by atoms with Crippen LogP contribution >= 0.6 is 23.2 Å². The Balaban J connectivity index is 1.77. The predicted octanol–water partition coefficient (Wildman–Crippen LogP) is 4.13. The second-order valence-electron chi connectivity index (χ2n) is 5.29. The van der Waals surface area contributed by atoms with E-state index in [4.69, 9.17) is 32.7 Å². The van der Waals surface area contributed by atoms with Gasteiger partial charge in [0.1, 0.15) is 0 Å². The van der Waals surface area contributed by atoms with E-state index < -0.39 is 0 Å². The first kappa shape index (κ1) is 19.4. The van der Waals surface area contributed by atoms with Gasteiger partial charge in [-0.15, -0.1) is 0 Å². The fraction of sp³-hybridized carbons (Fsp3) is 0.278. The third-order valence-electron chi connectivity index (χ3n) is 3.51. The normalized spacial score (nSPS) is 10.4. The average Bonchev–Trinajstić information content (AvgIpc) is 2.61. The number of anilines is 1. The predicted molar refractivity (Wildman–Crippen MR) is 101 cm³/mol. The van der Waals surface area contributed by atoms with Crippen LogP contribution in [0.5, 0.6) is 11.5 Å². The summed E-state index contributed by atoms with van der Waals surface area (Å²) in [6.07, 6.45) is 0.341. The molecule has 0 heterocycles. The maximum Gasteiger partial charge on any atom is 0.225 e. The highest BCUT2D eigenvalue weighted by molar-refractivity contribution is 6.42. The summed E-state index contributed by atoms with van der Waals surface area (Å²) in [5.41, 5.74) is 1.67. The van der Waals surface area contributed by atoms with Gasteiger partial charge in [-0.3, -0.25) is 4.79 Å². The second-order valence-corrected chi connectivity index (χ2v) is 6.11. The monoisotopic (exact) mass is 382 g/mol. The van der Waals surface area contributed by atoms with Gasteiger partial charge in [-0.1, -0.05) is 29.3 Å². The van der Waals surface area contributed by atoms with Crippen molar-refractivity contribution in [1.29, 1.82) is 0 Å². The van der Waals surface area contributed by atoms with Crippen molar-refractivity contribution in [2.75, 3.05) is 26.1 Å². The third-order valence-corrected chi connectivity index (χ3v) is 4.25. The second kappa shape index (κ2) is 9.51. The topological polar surface area (TPSA) is 59.6 Å². The van der Waals surface area contributed by atoms with Crippen LogP contribution in [0.1, 0.15) is 12.0 Å². The number of methoxy groups -OCH3 is 2. The van der Waals surface area contributed by atoms with Crippen LogP contribution in [0, 0.1) is 0 Å². The number of benzene rings is 2. The highest BCUT2D eigenvalue weighted by atomic mass is 35.5. The minimum absolute atomic E-state index is 0.0989. The van der Waals surface area contributed by atoms with Crippen LogP contribution < -0.4 is 20.1 Å². The number of carbonyl (C=O) groups is 1. The quantitative estimate of drug-likeness (QED) is 0.673. The Morgan fingerprint density at radius 1 is 1.00 bits per heavy atom. The first-order chi connectivity index (χ1) is 12.0. The van der Waals surface area contributed by atoms with Crippen molar-refractivity contribution < 1.29 is 14.3 Å². The largest absolute Gasteiger partial charge is 0.493 e. The summed E-state index contributed by atoms with van der Waals surface area (Å²) in [4.78, 5) is 11.9. The number of ether oxygens (including phenoxy) is 2. The number of nitrogens with one attached hydrogen (secondary N) is 2. The van der Waals surface area contributed by atoms with Crippen molar-refractivity contribution in [3.8, 4) is 11.5 Å². The molecule has 0 spiro atoms. The third kappa shape index (κ3) is 5.81. The fourth-order valence-corrected chi connectivity index (χ4v) is 2.52. The minimum atomic E-state index is -0.0989. The Morgan fingerprint density at radius 2 is 1.76 bits per heavy atom. The van der Waals surface area contributed by atoms with E-state index >= 15 is 0 Å². The van der Waals surface area contributed by atoms with Crippen LogP contribution in [0.25, 0.3) is 0 Å². The molecule has 0 saturated carbocycles. The van der Waals surface area contributed by atoms with Crippen LogP contribution in [0.4, 0.5) is 5.69 Å². The van der Waals surface area contributed by atoms with Crippen LogP contribution in [-0.4, -0.2) is 26.7 Å². The number of halogens is 2. The Hall–Kier alpha value is -1.95. The highest BCUT2D eigenvalue weighted by Gasteiger charge is 2.06. The van der Waals surface area contributed by atoms with E-state index in [2.05, 4.69) is 10.6 Å². The summed E-state index contributed by atoms with van der Waals surface area (Å²) in [6.45, 7) is 1.17. The van der Waals surface area contributed by atoms with Gasteiger partial charge in [-0.25, -0.2) is 0 Å². The molecule has 0 aliphatic rings. The average molecular weight is 383 g/mol. The Labute approximate surface area is 157 Å². The molecule has 2 aromatic rings. The summed E-state index contributed by atoms with van der Waals surface area (Å²) in [7, 11) is 3.20. The molecular weight excluding hydrogens is 363 g/mol. The maximum atomic E-state index is 11.9. The van der Waals surface area contributed by atoms with E-state index in [0.29, 0.717) is 46.7 Å². The van der Waals surface area contributed by atoms with Crippen molar-refractivity contribution in [1.82, 2.24) is 5.32 Å². The summed E-state index contributed by atoms with van der Waals surface area (Å²) in [6, 6.07) is 10.7. The van der Waals surface area contributed by atoms with Gasteiger partial charge in [0, 0.05) is 25.2 Å². The molecule has 0 radical (unpaired) electrons. The van der Waals surface area contributed by atoms with E-state index in [0.717, 1.165) is 5.56 Å². The van der Waals surface area contributed by atoms with Crippen molar-refractivity contribution in [2.45, 2.75) is 13.0 Å². The van der Waals surface area contributed by atoms with Crippen LogP contribution in [0.2, 0.25) is 10.0 Å². The van der Waals surface area contributed by atoms with Crippen molar-refractivity contribution in [2.24, 2.45) is 0 Å². The Bertz CT molecular complexity index is 738. The SMILES string of the molecule is COc1ccc(CNCCC(=O)Nc2ccc(Cl)c(Cl)c2)cc1OC. The van der Waals surface area contributed by atoms with Gasteiger partial charge in [-0.2, -0.15) is 0 Å². The molecule has 0 unspecified atom stereocenters. The first-order valence-corrected chi connectivity index (χ1v) is 8.45. The van der Waals surface area contributed by atoms with Crippen LogP contribution in [0.3, 0.4) is 0 Å². The van der Waals surface area contributed by atoms with Crippen molar-refractivity contribution >= 4 is 34.8 Å². The zero-order valence-corrected chi connectivity index (χ0v) is 15.6. The Kier molecular flexibility index (Phi) is 7.37. The molecule has 2 aromatic carbocycles. The van der Waals surface area contributed by atoms with Gasteiger partial charge < -0.3 is 20.1 Å². The van der Waals surface area contributed by atoms with Crippen LogP contribution in [-0.2, 0) is 11.3 Å². The lowest BCUT2D eigenvalue weighted by molar-refractivity contribution is -0.116. The fourth-order valence-electron chi connectivity index (χ4n) is 2.22. The van der Waals surface area contributed by atoms with Gasteiger partial charge in [0.15, 0.2) is 11.5 Å². The number of rotatable bonds is 8. The van der Waals surface area contributed by atoms with E-state index in [-0.39, 0.29) is 5.91 Å². The molecule has 25 heavy (non-hydrogen) atoms. The van der Waals surface area contributed by atoms with Gasteiger partial charge >= 0.3 is 0 Å². The molecule has 134 valence electrons. The summed E-state index contributed by atoms with van der Waals surface area (Å²) in [5.74, 6) is 1.27. The molecule has 0 fully saturated rings. The number of carbonyl (C=O) groups excluding carboxylic acids is 1. The number of hydrogen-bond donors (Lipinski definition) is 2. The highest BCUT2D eigenvalue weighted by Crippen LogP contribution is 2.27.